The summed E-state index contributed by atoms with van der Waals surface area (Å²) in [5, 5.41) is 4.49. The third kappa shape index (κ3) is 4.23. The molecule has 24 heavy (non-hydrogen) atoms. The van der Waals surface area contributed by atoms with Crippen LogP contribution in [0.4, 0.5) is 5.69 Å². The van der Waals surface area contributed by atoms with Crippen molar-refractivity contribution in [3.8, 4) is 0 Å². The molecule has 2 aliphatic heterocycles. The molecule has 2 atom stereocenters. The number of halogens is 2. The van der Waals surface area contributed by atoms with E-state index in [1.807, 2.05) is 6.07 Å². The summed E-state index contributed by atoms with van der Waals surface area (Å²) in [5.41, 5.74) is 0.816. The standard InChI is InChI=1S/C18H24Cl2N2O2/c1-12(10-13-5-8-24-9-6-13)21-17-4-7-22(18(17)23)14-2-3-15(19)16(20)11-14/h2-3,11-13,17,21H,4-10H2,1H3/t12-,17-/m1/s1. The maximum atomic E-state index is 12.7. The molecule has 1 amide bonds. The van der Waals surface area contributed by atoms with Gasteiger partial charge < -0.3 is 15.0 Å². The second-order valence-electron chi connectivity index (χ2n) is 6.79. The molecule has 6 heteroatoms. The largest absolute Gasteiger partial charge is 0.381 e. The van der Waals surface area contributed by atoms with Crippen LogP contribution in [0.5, 0.6) is 0 Å². The Kier molecular flexibility index (Phi) is 6.03. The summed E-state index contributed by atoms with van der Waals surface area (Å²) in [6.45, 7) is 4.61. The Morgan fingerprint density at radius 3 is 2.71 bits per heavy atom. The molecule has 0 spiro atoms. The number of nitrogens with one attached hydrogen (secondary N) is 1. The molecule has 0 unspecified atom stereocenters. The molecular formula is C18H24Cl2N2O2. The lowest BCUT2D eigenvalue weighted by atomic mass is 9.93. The molecule has 1 aromatic carbocycles. The highest BCUT2D eigenvalue weighted by molar-refractivity contribution is 6.42. The highest BCUT2D eigenvalue weighted by Crippen LogP contribution is 2.30. The van der Waals surface area contributed by atoms with Crippen molar-refractivity contribution in [2.45, 2.75) is 44.7 Å². The average molecular weight is 371 g/mol. The smallest absolute Gasteiger partial charge is 0.244 e. The van der Waals surface area contributed by atoms with Gasteiger partial charge in [-0.2, -0.15) is 0 Å². The fraction of sp³-hybridized carbons (Fsp3) is 0.611. The van der Waals surface area contributed by atoms with Gasteiger partial charge in [0.1, 0.15) is 0 Å². The molecule has 1 N–H and O–H groups in total. The molecule has 0 saturated carbocycles. The molecule has 2 aliphatic rings. The normalized spacial score (nSPS) is 23.7. The number of carbonyl (C=O) groups is 1. The Hall–Kier alpha value is -0.810. The number of nitrogens with zero attached hydrogens (tertiary/aromatic N) is 1. The minimum atomic E-state index is -0.116. The van der Waals surface area contributed by atoms with Crippen LogP contribution in [0.15, 0.2) is 18.2 Å². The molecule has 0 bridgehead atoms. The van der Waals surface area contributed by atoms with Crippen LogP contribution in [-0.4, -0.2) is 37.7 Å². The summed E-state index contributed by atoms with van der Waals surface area (Å²) >= 11 is 12.0. The van der Waals surface area contributed by atoms with Gasteiger partial charge in [0.05, 0.1) is 16.1 Å². The highest BCUT2D eigenvalue weighted by Gasteiger charge is 2.33. The molecule has 2 heterocycles. The first-order valence-electron chi connectivity index (χ1n) is 8.65. The molecule has 0 radical (unpaired) electrons. The van der Waals surface area contributed by atoms with Gasteiger partial charge in [0.2, 0.25) is 5.91 Å². The van der Waals surface area contributed by atoms with E-state index < -0.39 is 0 Å². The first-order chi connectivity index (χ1) is 11.5. The van der Waals surface area contributed by atoms with Crippen LogP contribution in [0.3, 0.4) is 0 Å². The van der Waals surface area contributed by atoms with Gasteiger partial charge in [-0.3, -0.25) is 4.79 Å². The average Bonchev–Trinajstić information content (AvgIpc) is 2.92. The Labute approximate surface area is 153 Å². The summed E-state index contributed by atoms with van der Waals surface area (Å²) in [6.07, 6.45) is 4.16. The van der Waals surface area contributed by atoms with Crippen LogP contribution >= 0.6 is 23.2 Å². The zero-order chi connectivity index (χ0) is 17.1. The van der Waals surface area contributed by atoms with Crippen LogP contribution in [0.1, 0.15) is 32.6 Å². The Bertz CT molecular complexity index is 590. The van der Waals surface area contributed by atoms with Crippen LogP contribution in [0.2, 0.25) is 10.0 Å². The summed E-state index contributed by atoms with van der Waals surface area (Å²) in [6, 6.07) is 5.56. The van der Waals surface area contributed by atoms with E-state index in [1.165, 1.54) is 0 Å². The van der Waals surface area contributed by atoms with Crippen molar-refractivity contribution in [2.75, 3.05) is 24.7 Å². The third-order valence-electron chi connectivity index (χ3n) is 4.93. The van der Waals surface area contributed by atoms with Gasteiger partial charge in [-0.1, -0.05) is 23.2 Å². The van der Waals surface area contributed by atoms with Crippen molar-refractivity contribution in [3.05, 3.63) is 28.2 Å². The van der Waals surface area contributed by atoms with Crippen LogP contribution < -0.4 is 10.2 Å². The Balaban J connectivity index is 1.56. The zero-order valence-corrected chi connectivity index (χ0v) is 15.4. The SMILES string of the molecule is C[C@H](CC1CCOCC1)N[C@@H]1CCN(c2ccc(Cl)c(Cl)c2)C1=O. The second-order valence-corrected chi connectivity index (χ2v) is 7.60. The highest BCUT2D eigenvalue weighted by atomic mass is 35.5. The quantitative estimate of drug-likeness (QED) is 0.854. The number of hydrogen-bond acceptors (Lipinski definition) is 3. The number of amides is 1. The van der Waals surface area contributed by atoms with Crippen molar-refractivity contribution in [1.29, 1.82) is 0 Å². The first kappa shape index (κ1) is 18.0. The van der Waals surface area contributed by atoms with E-state index in [-0.39, 0.29) is 11.9 Å². The fourth-order valence-corrected chi connectivity index (χ4v) is 3.93. The molecule has 0 aliphatic carbocycles. The summed E-state index contributed by atoms with van der Waals surface area (Å²) in [5.74, 6) is 0.816. The lowest BCUT2D eigenvalue weighted by molar-refractivity contribution is -0.119. The fourth-order valence-electron chi connectivity index (χ4n) is 3.64. The number of carbonyl (C=O) groups excluding carboxylic acids is 1. The van der Waals surface area contributed by atoms with Gasteiger partial charge in [-0.05, 0) is 56.7 Å². The zero-order valence-electron chi connectivity index (χ0n) is 13.9. The van der Waals surface area contributed by atoms with Crippen molar-refractivity contribution in [3.63, 3.8) is 0 Å². The van der Waals surface area contributed by atoms with Crippen LogP contribution in [0.25, 0.3) is 0 Å². The Morgan fingerprint density at radius 2 is 2.00 bits per heavy atom. The number of anilines is 1. The number of rotatable bonds is 5. The minimum absolute atomic E-state index is 0.116. The third-order valence-corrected chi connectivity index (χ3v) is 5.67. The maximum Gasteiger partial charge on any atom is 0.244 e. The number of ether oxygens (including phenoxy) is 1. The lowest BCUT2D eigenvalue weighted by Crippen LogP contribution is -2.43. The van der Waals surface area contributed by atoms with Gasteiger partial charge in [-0.15, -0.1) is 0 Å². The predicted molar refractivity (Wildman–Crippen MR) is 98.0 cm³/mol. The Morgan fingerprint density at radius 1 is 1.25 bits per heavy atom. The topological polar surface area (TPSA) is 41.6 Å². The van der Waals surface area contributed by atoms with E-state index in [1.54, 1.807) is 17.0 Å². The summed E-state index contributed by atoms with van der Waals surface area (Å²) in [4.78, 5) is 14.5. The van der Waals surface area contributed by atoms with E-state index in [9.17, 15) is 4.79 Å². The van der Waals surface area contributed by atoms with E-state index in [0.717, 1.165) is 44.6 Å². The molecule has 132 valence electrons. The number of benzene rings is 1. The maximum absolute atomic E-state index is 12.7. The first-order valence-corrected chi connectivity index (χ1v) is 9.40. The van der Waals surface area contributed by atoms with E-state index in [2.05, 4.69) is 12.2 Å². The van der Waals surface area contributed by atoms with Gasteiger partial charge in [0.25, 0.3) is 0 Å². The van der Waals surface area contributed by atoms with Crippen molar-refractivity contribution in [1.82, 2.24) is 5.32 Å². The predicted octanol–water partition coefficient (Wildman–Crippen LogP) is 3.89. The summed E-state index contributed by atoms with van der Waals surface area (Å²) < 4.78 is 5.41. The van der Waals surface area contributed by atoms with Gasteiger partial charge >= 0.3 is 0 Å². The molecular weight excluding hydrogens is 347 g/mol. The summed E-state index contributed by atoms with van der Waals surface area (Å²) in [7, 11) is 0. The van der Waals surface area contributed by atoms with Gasteiger partial charge in [-0.25, -0.2) is 0 Å². The lowest BCUT2D eigenvalue weighted by Gasteiger charge is -2.27. The molecule has 1 aromatic rings. The van der Waals surface area contributed by atoms with Crippen molar-refractivity contribution in [2.24, 2.45) is 5.92 Å². The van der Waals surface area contributed by atoms with E-state index in [4.69, 9.17) is 27.9 Å². The molecule has 2 saturated heterocycles. The molecule has 3 rings (SSSR count). The minimum Gasteiger partial charge on any atom is -0.381 e. The van der Waals surface area contributed by atoms with E-state index >= 15 is 0 Å². The number of hydrogen-bond donors (Lipinski definition) is 1. The van der Waals surface area contributed by atoms with E-state index in [0.29, 0.717) is 28.5 Å². The van der Waals surface area contributed by atoms with Crippen molar-refractivity contribution < 1.29 is 9.53 Å². The van der Waals surface area contributed by atoms with Crippen LogP contribution in [-0.2, 0) is 9.53 Å². The molecule has 0 aromatic heterocycles. The van der Waals surface area contributed by atoms with Gasteiger partial charge in [0, 0.05) is 31.5 Å². The monoisotopic (exact) mass is 370 g/mol. The van der Waals surface area contributed by atoms with Crippen LogP contribution in [0, 0.1) is 5.92 Å². The van der Waals surface area contributed by atoms with Gasteiger partial charge in [0.15, 0.2) is 0 Å². The van der Waals surface area contributed by atoms with Crippen molar-refractivity contribution >= 4 is 34.8 Å². The second kappa shape index (κ2) is 8.05. The molecule has 4 nitrogen and oxygen atoms in total. The molecule has 2 fully saturated rings.